The van der Waals surface area contributed by atoms with Crippen LogP contribution < -0.4 is 10.2 Å². The van der Waals surface area contributed by atoms with Crippen molar-refractivity contribution in [3.8, 4) is 0 Å². The fraction of sp³-hybridized carbons (Fsp3) is 0.864. The average molecular weight is 725 g/mol. The van der Waals surface area contributed by atoms with Gasteiger partial charge in [0.05, 0.1) is 0 Å². The number of allylic oxidation sites excluding steroid dienone is 4. The van der Waals surface area contributed by atoms with E-state index in [0.29, 0.717) is 0 Å². The molecule has 0 radical (unpaired) electrons. The van der Waals surface area contributed by atoms with Gasteiger partial charge in [-0.3, -0.25) is 0 Å². The van der Waals surface area contributed by atoms with Gasteiger partial charge in [0.15, 0.2) is 0 Å². The van der Waals surface area contributed by atoms with Crippen molar-refractivity contribution in [3.05, 3.63) is 24.3 Å². The monoisotopic (exact) mass is 725 g/mol. The Hall–Kier alpha value is -0.866. The molecular formula is C44H84O4Ti. The van der Waals surface area contributed by atoms with Gasteiger partial charge in [0.25, 0.3) is 0 Å². The van der Waals surface area contributed by atoms with E-state index in [2.05, 4.69) is 52.0 Å². The minimum absolute atomic E-state index is 0. The van der Waals surface area contributed by atoms with E-state index in [0.717, 1.165) is 38.5 Å². The Morgan fingerprint density at radius 3 is 0.714 bits per heavy atom. The van der Waals surface area contributed by atoms with Crippen molar-refractivity contribution in [1.82, 2.24) is 0 Å². The quantitative estimate of drug-likeness (QED) is 0.0370. The molecule has 0 saturated carbocycles. The Morgan fingerprint density at radius 1 is 0.327 bits per heavy atom. The second-order valence-electron chi connectivity index (χ2n) is 13.8. The van der Waals surface area contributed by atoms with Crippen molar-refractivity contribution >= 4 is 11.9 Å². The molecule has 0 aliphatic carbocycles. The number of carboxylic acid groups (broad SMARTS) is 2. The molecule has 0 aliphatic rings. The van der Waals surface area contributed by atoms with Gasteiger partial charge in [-0.2, -0.15) is 0 Å². The van der Waals surface area contributed by atoms with Crippen LogP contribution in [-0.2, 0) is 31.3 Å². The Morgan fingerprint density at radius 2 is 0.510 bits per heavy atom. The van der Waals surface area contributed by atoms with Gasteiger partial charge < -0.3 is 19.8 Å². The summed E-state index contributed by atoms with van der Waals surface area (Å²) in [6.07, 6.45) is 50.3. The molecular weight excluding hydrogens is 640 g/mol. The van der Waals surface area contributed by atoms with Gasteiger partial charge in [-0.05, 0) is 77.0 Å². The zero-order valence-electron chi connectivity index (χ0n) is 33.5. The SMILES string of the molecule is CCCCCCCC.CCCCCCCC/C=C\CCCCCCCC(=O)[O-].CCCCCCCC/C=C\CCCCCCCC(=O)[O-].[Ti+2]. The third-order valence-corrected chi connectivity index (χ3v) is 8.74. The van der Waals surface area contributed by atoms with Crippen LogP contribution in [-0.4, -0.2) is 11.9 Å². The number of rotatable bonds is 35. The second kappa shape index (κ2) is 53.9. The summed E-state index contributed by atoms with van der Waals surface area (Å²) in [5.41, 5.74) is 0. The van der Waals surface area contributed by atoms with Crippen LogP contribution in [0.25, 0.3) is 0 Å². The molecule has 0 amide bonds. The molecule has 0 spiro atoms. The Bertz CT molecular complexity index is 605. The van der Waals surface area contributed by atoms with Crippen molar-refractivity contribution < 1.29 is 41.5 Å². The smallest absolute Gasteiger partial charge is 0.550 e. The molecule has 49 heavy (non-hydrogen) atoms. The molecule has 0 fully saturated rings. The van der Waals surface area contributed by atoms with Crippen molar-refractivity contribution in [1.29, 1.82) is 0 Å². The van der Waals surface area contributed by atoms with Gasteiger partial charge in [0, 0.05) is 11.9 Å². The topological polar surface area (TPSA) is 80.3 Å². The maximum absolute atomic E-state index is 10.2. The molecule has 0 heterocycles. The normalized spacial score (nSPS) is 10.8. The molecule has 5 heteroatoms. The van der Waals surface area contributed by atoms with Gasteiger partial charge in [-0.15, -0.1) is 0 Å². The number of hydrogen-bond acceptors (Lipinski definition) is 4. The molecule has 0 saturated heterocycles. The van der Waals surface area contributed by atoms with Gasteiger partial charge in [-0.1, -0.05) is 193 Å². The zero-order valence-corrected chi connectivity index (χ0v) is 35.0. The molecule has 288 valence electrons. The fourth-order valence-electron chi connectivity index (χ4n) is 5.53. The van der Waals surface area contributed by atoms with Gasteiger partial charge >= 0.3 is 21.7 Å². The van der Waals surface area contributed by atoms with Crippen LogP contribution in [0.5, 0.6) is 0 Å². The number of hydrogen-bond donors (Lipinski definition) is 0. The van der Waals surface area contributed by atoms with E-state index in [-0.39, 0.29) is 34.6 Å². The maximum Gasteiger partial charge on any atom is 2.00 e. The molecule has 0 rings (SSSR count). The Balaban J connectivity index is -0.000000333. The molecule has 4 nitrogen and oxygen atoms in total. The third kappa shape index (κ3) is 66.0. The zero-order chi connectivity index (χ0) is 36.0. The summed E-state index contributed by atoms with van der Waals surface area (Å²) in [7, 11) is 0. The number of aliphatic carboxylic acids is 2. The number of unbranched alkanes of at least 4 members (excludes halogenated alkanes) is 27. The van der Waals surface area contributed by atoms with E-state index in [1.165, 1.54) is 167 Å². The maximum atomic E-state index is 10.2. The number of carbonyl (C=O) groups is 2. The average Bonchev–Trinajstić information content (AvgIpc) is 3.07. The minimum Gasteiger partial charge on any atom is -0.550 e. The summed E-state index contributed by atoms with van der Waals surface area (Å²) in [6.45, 7) is 9.02. The molecule has 0 N–H and O–H groups in total. The first-order valence-electron chi connectivity index (χ1n) is 21.2. The van der Waals surface area contributed by atoms with E-state index in [1.807, 2.05) is 0 Å². The number of carboxylic acids is 2. The molecule has 0 aromatic heterocycles. The van der Waals surface area contributed by atoms with Crippen LogP contribution in [0, 0.1) is 0 Å². The molecule has 0 aromatic rings. The molecule has 0 unspecified atom stereocenters. The van der Waals surface area contributed by atoms with Crippen LogP contribution in [0.1, 0.15) is 246 Å². The summed E-state index contributed by atoms with van der Waals surface area (Å²) in [5.74, 6) is -1.83. The first-order chi connectivity index (χ1) is 23.5. The van der Waals surface area contributed by atoms with E-state index >= 15 is 0 Å². The van der Waals surface area contributed by atoms with E-state index in [9.17, 15) is 19.8 Å². The van der Waals surface area contributed by atoms with Crippen LogP contribution in [0.2, 0.25) is 0 Å². The van der Waals surface area contributed by atoms with E-state index in [1.54, 1.807) is 0 Å². The van der Waals surface area contributed by atoms with Crippen LogP contribution in [0.15, 0.2) is 24.3 Å². The predicted octanol–water partition coefficient (Wildman–Crippen LogP) is 12.9. The standard InChI is InChI=1S/2C18H34O2.C8H18.Ti/c2*1-2-3-4-5-6-7-8-9-10-11-12-13-14-15-16-17-18(19)20;1-3-5-7-8-6-4-2;/h2*9-10H,2-8,11-17H2,1H3,(H,19,20);3-8H2,1-2H3;/q;;;+2/p-2/b2*10-9-;;. The Kier molecular flexibility index (Phi) is 60.4. The van der Waals surface area contributed by atoms with Crippen LogP contribution >= 0.6 is 0 Å². The summed E-state index contributed by atoms with van der Waals surface area (Å²) in [6, 6.07) is 0. The van der Waals surface area contributed by atoms with Gasteiger partial charge in [0.2, 0.25) is 0 Å². The summed E-state index contributed by atoms with van der Waals surface area (Å²) in [4.78, 5) is 20.4. The van der Waals surface area contributed by atoms with Crippen molar-refractivity contribution in [2.24, 2.45) is 0 Å². The third-order valence-electron chi connectivity index (χ3n) is 8.74. The van der Waals surface area contributed by atoms with Crippen molar-refractivity contribution in [2.45, 2.75) is 246 Å². The molecule has 0 bridgehead atoms. The minimum atomic E-state index is -0.914. The van der Waals surface area contributed by atoms with Crippen LogP contribution in [0.3, 0.4) is 0 Å². The number of carbonyl (C=O) groups excluding carboxylic acids is 2. The van der Waals surface area contributed by atoms with Crippen molar-refractivity contribution in [2.75, 3.05) is 0 Å². The molecule has 0 aliphatic heterocycles. The Labute approximate surface area is 322 Å². The van der Waals surface area contributed by atoms with E-state index < -0.39 is 11.9 Å². The van der Waals surface area contributed by atoms with Gasteiger partial charge in [0.1, 0.15) is 0 Å². The summed E-state index contributed by atoms with van der Waals surface area (Å²) < 4.78 is 0. The summed E-state index contributed by atoms with van der Waals surface area (Å²) in [5, 5.41) is 20.4. The first-order valence-corrected chi connectivity index (χ1v) is 21.2. The van der Waals surface area contributed by atoms with E-state index in [4.69, 9.17) is 0 Å². The van der Waals surface area contributed by atoms with Gasteiger partial charge in [-0.25, -0.2) is 0 Å². The first kappa shape index (κ1) is 54.9. The molecule has 0 atom stereocenters. The van der Waals surface area contributed by atoms with Crippen molar-refractivity contribution in [3.63, 3.8) is 0 Å². The van der Waals surface area contributed by atoms with Crippen LogP contribution in [0.4, 0.5) is 0 Å². The molecule has 0 aromatic carbocycles. The fourth-order valence-corrected chi connectivity index (χ4v) is 5.53. The largest absolute Gasteiger partial charge is 2.00 e. The summed E-state index contributed by atoms with van der Waals surface area (Å²) >= 11 is 0. The predicted molar refractivity (Wildman–Crippen MR) is 208 cm³/mol. The second-order valence-corrected chi connectivity index (χ2v) is 13.8.